The first-order valence-corrected chi connectivity index (χ1v) is 7.62. The summed E-state index contributed by atoms with van der Waals surface area (Å²) in [5, 5.41) is 9.49. The van der Waals surface area contributed by atoms with E-state index in [-0.39, 0.29) is 4.75 Å². The van der Waals surface area contributed by atoms with E-state index in [0.717, 1.165) is 30.2 Å². The summed E-state index contributed by atoms with van der Waals surface area (Å²) in [5.41, 5.74) is 0. The first kappa shape index (κ1) is 14.6. The Morgan fingerprint density at radius 1 is 1.29 bits per heavy atom. The van der Waals surface area contributed by atoms with E-state index < -0.39 is 0 Å². The Morgan fingerprint density at radius 2 is 1.94 bits per heavy atom. The lowest BCUT2D eigenvalue weighted by molar-refractivity contribution is 0.584. The lowest BCUT2D eigenvalue weighted by Gasteiger charge is -2.25. The number of nitriles is 1. The van der Waals surface area contributed by atoms with Crippen molar-refractivity contribution in [2.75, 3.05) is 0 Å². The topological polar surface area (TPSA) is 23.8 Å². The highest BCUT2D eigenvalue weighted by molar-refractivity contribution is 9.10. The number of nitrogens with zero attached hydrogens (tertiary/aromatic N) is 1. The summed E-state index contributed by atoms with van der Waals surface area (Å²) < 4.78 is 0.812. The zero-order valence-corrected chi connectivity index (χ0v) is 12.8. The van der Waals surface area contributed by atoms with Crippen LogP contribution >= 0.6 is 27.7 Å². The molecule has 92 valence electrons. The monoisotopic (exact) mass is 311 g/mol. The fourth-order valence-electron chi connectivity index (χ4n) is 1.93. The van der Waals surface area contributed by atoms with Gasteiger partial charge in [-0.1, -0.05) is 48.7 Å². The van der Waals surface area contributed by atoms with Gasteiger partial charge >= 0.3 is 0 Å². The normalized spacial score (nSPS) is 11.2. The van der Waals surface area contributed by atoms with Gasteiger partial charge in [0, 0.05) is 9.37 Å². The number of hydrogen-bond donors (Lipinski definition) is 0. The SMILES string of the molecule is CCCC(C#N)(CCC)Sc1cccc(Br)c1. The Hall–Kier alpha value is -0.460. The maximum absolute atomic E-state index is 9.49. The van der Waals surface area contributed by atoms with Gasteiger partial charge in [-0.05, 0) is 31.0 Å². The first-order valence-electron chi connectivity index (χ1n) is 6.01. The molecule has 1 nitrogen and oxygen atoms in total. The molecule has 0 bridgehead atoms. The summed E-state index contributed by atoms with van der Waals surface area (Å²) in [7, 11) is 0. The van der Waals surface area contributed by atoms with Crippen LogP contribution in [0.4, 0.5) is 0 Å². The molecule has 0 atom stereocenters. The van der Waals surface area contributed by atoms with E-state index in [1.54, 1.807) is 11.8 Å². The van der Waals surface area contributed by atoms with E-state index in [4.69, 9.17) is 0 Å². The van der Waals surface area contributed by atoms with Gasteiger partial charge in [-0.3, -0.25) is 0 Å². The van der Waals surface area contributed by atoms with Crippen LogP contribution in [-0.2, 0) is 0 Å². The molecule has 3 heteroatoms. The van der Waals surface area contributed by atoms with Crippen molar-refractivity contribution in [3.63, 3.8) is 0 Å². The quantitative estimate of drug-likeness (QED) is 0.656. The van der Waals surface area contributed by atoms with Gasteiger partial charge in [-0.2, -0.15) is 5.26 Å². The minimum Gasteiger partial charge on any atom is -0.197 e. The predicted octanol–water partition coefficient (Wildman–Crippen LogP) is 5.40. The minimum atomic E-state index is -0.260. The smallest absolute Gasteiger partial charge is 0.107 e. The van der Waals surface area contributed by atoms with Crippen LogP contribution in [0.5, 0.6) is 0 Å². The van der Waals surface area contributed by atoms with Crippen LogP contribution in [0.15, 0.2) is 33.6 Å². The van der Waals surface area contributed by atoms with Crippen LogP contribution in [-0.4, -0.2) is 4.75 Å². The number of thioether (sulfide) groups is 1. The fourth-order valence-corrected chi connectivity index (χ4v) is 3.92. The summed E-state index contributed by atoms with van der Waals surface area (Å²) in [6, 6.07) is 10.7. The number of benzene rings is 1. The summed E-state index contributed by atoms with van der Waals surface area (Å²) in [4.78, 5) is 1.17. The molecule has 0 amide bonds. The molecule has 0 radical (unpaired) electrons. The largest absolute Gasteiger partial charge is 0.197 e. The maximum Gasteiger partial charge on any atom is 0.107 e. The molecule has 0 heterocycles. The van der Waals surface area contributed by atoms with Crippen LogP contribution in [0.25, 0.3) is 0 Å². The minimum absolute atomic E-state index is 0.260. The molecule has 0 aliphatic carbocycles. The van der Waals surface area contributed by atoms with Crippen molar-refractivity contribution in [1.82, 2.24) is 0 Å². The van der Waals surface area contributed by atoms with E-state index in [1.165, 1.54) is 4.90 Å². The lowest BCUT2D eigenvalue weighted by Crippen LogP contribution is -2.21. The average molecular weight is 312 g/mol. The van der Waals surface area contributed by atoms with Crippen molar-refractivity contribution in [3.8, 4) is 6.07 Å². The van der Waals surface area contributed by atoms with Crippen molar-refractivity contribution in [1.29, 1.82) is 5.26 Å². The second-order valence-corrected chi connectivity index (χ2v) is 6.54. The Bertz CT molecular complexity index is 391. The van der Waals surface area contributed by atoms with Gasteiger partial charge in [-0.25, -0.2) is 0 Å². The zero-order chi connectivity index (χ0) is 12.7. The van der Waals surface area contributed by atoms with Crippen molar-refractivity contribution in [3.05, 3.63) is 28.7 Å². The van der Waals surface area contributed by atoms with Crippen LogP contribution in [0, 0.1) is 11.3 Å². The highest BCUT2D eigenvalue weighted by Gasteiger charge is 2.29. The molecule has 1 aromatic rings. The molecule has 0 N–H and O–H groups in total. The van der Waals surface area contributed by atoms with Crippen LogP contribution in [0.1, 0.15) is 39.5 Å². The molecule has 0 unspecified atom stereocenters. The van der Waals surface area contributed by atoms with Gasteiger partial charge in [0.05, 0.1) is 6.07 Å². The third-order valence-corrected chi connectivity index (χ3v) is 4.49. The van der Waals surface area contributed by atoms with Crippen molar-refractivity contribution < 1.29 is 0 Å². The van der Waals surface area contributed by atoms with E-state index in [2.05, 4.69) is 48.0 Å². The second kappa shape index (κ2) is 7.08. The van der Waals surface area contributed by atoms with E-state index in [9.17, 15) is 5.26 Å². The number of halogens is 1. The Morgan fingerprint density at radius 3 is 2.41 bits per heavy atom. The molecule has 0 saturated heterocycles. The van der Waals surface area contributed by atoms with Crippen molar-refractivity contribution in [2.45, 2.75) is 49.2 Å². The van der Waals surface area contributed by atoms with Gasteiger partial charge in [0.2, 0.25) is 0 Å². The Labute approximate surface area is 117 Å². The molecule has 0 aliphatic heterocycles. The zero-order valence-electron chi connectivity index (χ0n) is 10.4. The average Bonchev–Trinajstić information content (AvgIpc) is 2.29. The summed E-state index contributed by atoms with van der Waals surface area (Å²) >= 11 is 5.18. The highest BCUT2D eigenvalue weighted by Crippen LogP contribution is 2.40. The third kappa shape index (κ3) is 4.37. The van der Waals surface area contributed by atoms with Crippen molar-refractivity contribution in [2.24, 2.45) is 0 Å². The van der Waals surface area contributed by atoms with Crippen LogP contribution in [0.3, 0.4) is 0 Å². The second-order valence-electron chi connectivity index (χ2n) is 4.17. The highest BCUT2D eigenvalue weighted by atomic mass is 79.9. The van der Waals surface area contributed by atoms with E-state index in [0.29, 0.717) is 0 Å². The van der Waals surface area contributed by atoms with Crippen LogP contribution in [0.2, 0.25) is 0 Å². The number of rotatable bonds is 6. The molecule has 0 saturated carbocycles. The lowest BCUT2D eigenvalue weighted by atomic mass is 9.99. The maximum atomic E-state index is 9.49. The fraction of sp³-hybridized carbons (Fsp3) is 0.500. The molecule has 1 rings (SSSR count). The summed E-state index contributed by atoms with van der Waals surface area (Å²) in [5.74, 6) is 0. The van der Waals surface area contributed by atoms with Gasteiger partial charge < -0.3 is 0 Å². The summed E-state index contributed by atoms with van der Waals surface area (Å²) in [6.07, 6.45) is 4.01. The first-order chi connectivity index (χ1) is 8.15. The molecule has 0 fully saturated rings. The molecular formula is C14H18BrNS. The summed E-state index contributed by atoms with van der Waals surface area (Å²) in [6.45, 7) is 4.28. The van der Waals surface area contributed by atoms with Gasteiger partial charge in [0.25, 0.3) is 0 Å². The van der Waals surface area contributed by atoms with Crippen LogP contribution < -0.4 is 0 Å². The van der Waals surface area contributed by atoms with Gasteiger partial charge in [0.15, 0.2) is 0 Å². The van der Waals surface area contributed by atoms with E-state index >= 15 is 0 Å². The molecule has 0 aromatic heterocycles. The number of hydrogen-bond acceptors (Lipinski definition) is 2. The molecule has 1 aromatic carbocycles. The standard InChI is InChI=1S/C14H18BrNS/c1-3-8-14(11-16,9-4-2)17-13-7-5-6-12(15)10-13/h5-7,10H,3-4,8-9H2,1-2H3. The molecule has 0 aliphatic rings. The van der Waals surface area contributed by atoms with E-state index in [1.807, 2.05) is 12.1 Å². The third-order valence-electron chi connectivity index (χ3n) is 2.62. The Kier molecular flexibility index (Phi) is 6.08. The predicted molar refractivity (Wildman–Crippen MR) is 78.2 cm³/mol. The van der Waals surface area contributed by atoms with Gasteiger partial charge in [0.1, 0.15) is 4.75 Å². The molecular weight excluding hydrogens is 294 g/mol. The Balaban J connectivity index is 2.89. The van der Waals surface area contributed by atoms with Crippen molar-refractivity contribution >= 4 is 27.7 Å². The van der Waals surface area contributed by atoms with Gasteiger partial charge in [-0.15, -0.1) is 11.8 Å². The molecule has 0 spiro atoms. The molecule has 17 heavy (non-hydrogen) atoms.